The van der Waals surface area contributed by atoms with Crippen molar-refractivity contribution in [2.75, 3.05) is 30.8 Å². The third kappa shape index (κ3) is 4.21. The molecule has 2 aliphatic rings. The zero-order chi connectivity index (χ0) is 20.2. The largest absolute Gasteiger partial charge is 0.495 e. The molecule has 1 aliphatic heterocycles. The van der Waals surface area contributed by atoms with Gasteiger partial charge in [0.15, 0.2) is 0 Å². The van der Waals surface area contributed by atoms with Crippen LogP contribution < -0.4 is 15.4 Å². The number of nitrogens with zero attached hydrogens (tertiary/aromatic N) is 3. The average molecular weight is 397 g/mol. The molecule has 29 heavy (non-hydrogen) atoms. The highest BCUT2D eigenvalue weighted by atomic mass is 16.5. The van der Waals surface area contributed by atoms with E-state index >= 15 is 0 Å². The van der Waals surface area contributed by atoms with E-state index in [4.69, 9.17) is 4.74 Å². The summed E-state index contributed by atoms with van der Waals surface area (Å²) in [5.41, 5.74) is 0.599. The summed E-state index contributed by atoms with van der Waals surface area (Å²) in [4.78, 5) is 26.9. The first-order valence-corrected chi connectivity index (χ1v) is 10.2. The summed E-state index contributed by atoms with van der Waals surface area (Å²) in [7, 11) is 1.57. The first-order chi connectivity index (χ1) is 14.2. The highest BCUT2D eigenvalue weighted by Gasteiger charge is 2.32. The molecule has 8 nitrogen and oxygen atoms in total. The number of amides is 3. The Hall–Kier alpha value is -3.03. The van der Waals surface area contributed by atoms with Crippen LogP contribution in [0.4, 0.5) is 16.3 Å². The standard InChI is InChI=1S/C21H27N5O3/c1-29-18-8-3-2-7-17(18)23-21(28)24-19-9-12-22-26(19)16-10-13-25(14-11-16)20(27)15-5-4-6-15/h2-3,7-9,12,15-16H,4-6,10-11,13-14H2,1H3,(H2,23,24,28). The maximum atomic E-state index is 12.5. The van der Waals surface area contributed by atoms with E-state index in [-0.39, 0.29) is 18.0 Å². The summed E-state index contributed by atoms with van der Waals surface area (Å²) in [6, 6.07) is 8.85. The van der Waals surface area contributed by atoms with Crippen LogP contribution in [0.5, 0.6) is 5.75 Å². The zero-order valence-electron chi connectivity index (χ0n) is 16.6. The van der Waals surface area contributed by atoms with E-state index in [0.717, 1.165) is 38.8 Å². The number of ether oxygens (including phenoxy) is 1. The van der Waals surface area contributed by atoms with Gasteiger partial charge in [0.05, 0.1) is 25.0 Å². The van der Waals surface area contributed by atoms with E-state index in [0.29, 0.717) is 23.2 Å². The second-order valence-electron chi connectivity index (χ2n) is 7.62. The third-order valence-electron chi connectivity index (χ3n) is 5.84. The Labute approximate surface area is 170 Å². The minimum absolute atomic E-state index is 0.164. The molecule has 0 bridgehead atoms. The quantitative estimate of drug-likeness (QED) is 0.808. The second-order valence-corrected chi connectivity index (χ2v) is 7.62. The van der Waals surface area contributed by atoms with Crippen LogP contribution in [0.15, 0.2) is 36.5 Å². The molecule has 1 saturated heterocycles. The molecule has 0 unspecified atom stereocenters. The fraction of sp³-hybridized carbons (Fsp3) is 0.476. The van der Waals surface area contributed by atoms with Crippen LogP contribution >= 0.6 is 0 Å². The van der Waals surface area contributed by atoms with Gasteiger partial charge in [0.2, 0.25) is 5.91 Å². The molecule has 1 aliphatic carbocycles. The van der Waals surface area contributed by atoms with E-state index in [1.54, 1.807) is 31.5 Å². The van der Waals surface area contributed by atoms with E-state index in [2.05, 4.69) is 15.7 Å². The van der Waals surface area contributed by atoms with E-state index < -0.39 is 0 Å². The van der Waals surface area contributed by atoms with Gasteiger partial charge in [-0.1, -0.05) is 18.6 Å². The molecule has 1 aromatic heterocycles. The molecule has 0 atom stereocenters. The summed E-state index contributed by atoms with van der Waals surface area (Å²) >= 11 is 0. The van der Waals surface area contributed by atoms with Crippen molar-refractivity contribution in [1.82, 2.24) is 14.7 Å². The van der Waals surface area contributed by atoms with Crippen LogP contribution in [0.2, 0.25) is 0 Å². The van der Waals surface area contributed by atoms with Crippen LogP contribution in [0.25, 0.3) is 0 Å². The fourth-order valence-corrected chi connectivity index (χ4v) is 3.97. The van der Waals surface area contributed by atoms with E-state index in [9.17, 15) is 9.59 Å². The van der Waals surface area contributed by atoms with Crippen LogP contribution in [0.1, 0.15) is 38.1 Å². The smallest absolute Gasteiger partial charge is 0.324 e. The molecular weight excluding hydrogens is 370 g/mol. The molecule has 154 valence electrons. The number of rotatable bonds is 5. The lowest BCUT2D eigenvalue weighted by atomic mass is 9.84. The molecule has 0 radical (unpaired) electrons. The molecule has 4 rings (SSSR count). The van der Waals surface area contributed by atoms with Gasteiger partial charge >= 0.3 is 6.03 Å². The average Bonchev–Trinajstić information content (AvgIpc) is 3.15. The normalized spacial score (nSPS) is 17.5. The van der Waals surface area contributed by atoms with Crippen LogP contribution in [0.3, 0.4) is 0 Å². The highest BCUT2D eigenvalue weighted by Crippen LogP contribution is 2.31. The van der Waals surface area contributed by atoms with Gasteiger partial charge in [-0.25, -0.2) is 9.48 Å². The lowest BCUT2D eigenvalue weighted by Gasteiger charge is -2.36. The molecule has 3 amide bonds. The fourth-order valence-electron chi connectivity index (χ4n) is 3.97. The number of carbonyl (C=O) groups is 2. The van der Waals surface area contributed by atoms with Gasteiger partial charge in [0, 0.05) is 25.1 Å². The van der Waals surface area contributed by atoms with E-state index in [1.807, 2.05) is 21.7 Å². The van der Waals surface area contributed by atoms with Crippen molar-refractivity contribution in [3.8, 4) is 5.75 Å². The highest BCUT2D eigenvalue weighted by molar-refractivity contribution is 6.00. The Morgan fingerprint density at radius 1 is 1.07 bits per heavy atom. The molecule has 2 heterocycles. The lowest BCUT2D eigenvalue weighted by Crippen LogP contribution is -2.44. The molecule has 1 saturated carbocycles. The SMILES string of the molecule is COc1ccccc1NC(=O)Nc1ccnn1C1CCN(C(=O)C2CCC2)CC1. The van der Waals surface area contributed by atoms with Crippen molar-refractivity contribution in [3.63, 3.8) is 0 Å². The predicted octanol–water partition coefficient (Wildman–Crippen LogP) is 3.50. The van der Waals surface area contributed by atoms with Gasteiger partial charge in [-0.15, -0.1) is 0 Å². The molecule has 0 spiro atoms. The van der Waals surface area contributed by atoms with Gasteiger partial charge < -0.3 is 15.0 Å². The minimum Gasteiger partial charge on any atom is -0.495 e. The van der Waals surface area contributed by atoms with Crippen molar-refractivity contribution in [2.24, 2.45) is 5.92 Å². The Morgan fingerprint density at radius 2 is 1.83 bits per heavy atom. The van der Waals surface area contributed by atoms with Crippen LogP contribution in [0, 0.1) is 5.92 Å². The van der Waals surface area contributed by atoms with Crippen molar-refractivity contribution in [3.05, 3.63) is 36.5 Å². The van der Waals surface area contributed by atoms with Gasteiger partial charge in [-0.05, 0) is 37.8 Å². The number of urea groups is 1. The number of benzene rings is 1. The number of piperidine rings is 1. The summed E-state index contributed by atoms with van der Waals surface area (Å²) in [6.07, 6.45) is 6.60. The number of nitrogens with one attached hydrogen (secondary N) is 2. The molecule has 8 heteroatoms. The summed E-state index contributed by atoms with van der Waals surface area (Å²) in [5.74, 6) is 1.79. The van der Waals surface area contributed by atoms with Crippen LogP contribution in [-0.4, -0.2) is 46.8 Å². The molecule has 2 N–H and O–H groups in total. The summed E-state index contributed by atoms with van der Waals surface area (Å²) in [5, 5.41) is 10.1. The van der Waals surface area contributed by atoms with Gasteiger partial charge in [0.1, 0.15) is 11.6 Å². The number of methoxy groups -OCH3 is 1. The Kier molecular flexibility index (Phi) is 5.69. The minimum atomic E-state index is -0.353. The molecular formula is C21H27N5O3. The van der Waals surface area contributed by atoms with Gasteiger partial charge in [0.25, 0.3) is 0 Å². The number of anilines is 2. The lowest BCUT2D eigenvalue weighted by molar-refractivity contribution is -0.139. The number of hydrogen-bond acceptors (Lipinski definition) is 4. The monoisotopic (exact) mass is 397 g/mol. The number of likely N-dealkylation sites (tertiary alicyclic amines) is 1. The van der Waals surface area contributed by atoms with Crippen molar-refractivity contribution >= 4 is 23.4 Å². The Balaban J connectivity index is 1.35. The number of hydrogen-bond donors (Lipinski definition) is 2. The van der Waals surface area contributed by atoms with Crippen LogP contribution in [-0.2, 0) is 4.79 Å². The van der Waals surface area contributed by atoms with Crippen molar-refractivity contribution < 1.29 is 14.3 Å². The van der Waals surface area contributed by atoms with Crippen molar-refractivity contribution in [1.29, 1.82) is 0 Å². The number of aromatic nitrogens is 2. The number of para-hydroxylation sites is 2. The Bertz CT molecular complexity index is 869. The van der Waals surface area contributed by atoms with Crippen molar-refractivity contribution in [2.45, 2.75) is 38.1 Å². The molecule has 2 fully saturated rings. The second kappa shape index (κ2) is 8.55. The topological polar surface area (TPSA) is 88.5 Å². The maximum absolute atomic E-state index is 12.5. The third-order valence-corrected chi connectivity index (χ3v) is 5.84. The maximum Gasteiger partial charge on any atom is 0.324 e. The zero-order valence-corrected chi connectivity index (χ0v) is 16.6. The Morgan fingerprint density at radius 3 is 2.52 bits per heavy atom. The molecule has 2 aromatic rings. The van der Waals surface area contributed by atoms with Gasteiger partial charge in [-0.2, -0.15) is 5.10 Å². The first-order valence-electron chi connectivity index (χ1n) is 10.2. The molecule has 1 aromatic carbocycles. The first kappa shape index (κ1) is 19.3. The summed E-state index contributed by atoms with van der Waals surface area (Å²) in [6.45, 7) is 1.49. The summed E-state index contributed by atoms with van der Waals surface area (Å²) < 4.78 is 7.12. The van der Waals surface area contributed by atoms with Gasteiger partial charge in [-0.3, -0.25) is 10.1 Å². The predicted molar refractivity (Wildman–Crippen MR) is 110 cm³/mol. The van der Waals surface area contributed by atoms with E-state index in [1.165, 1.54) is 6.42 Å². The number of carbonyl (C=O) groups excluding carboxylic acids is 2.